The van der Waals surface area contributed by atoms with Gasteiger partial charge in [0.2, 0.25) is 12.6 Å². The summed E-state index contributed by atoms with van der Waals surface area (Å²) in [7, 11) is 0. The Morgan fingerprint density at radius 1 is 0.727 bits per heavy atom. The molecule has 3 nitrogen and oxygen atoms in total. The molecule has 0 saturated heterocycles. The van der Waals surface area contributed by atoms with Crippen LogP contribution >= 0.6 is 0 Å². The number of hydrogen-bond donors (Lipinski definition) is 0. The van der Waals surface area contributed by atoms with Crippen LogP contribution in [0, 0.1) is 12.1 Å². The van der Waals surface area contributed by atoms with Crippen molar-refractivity contribution in [2.24, 2.45) is 0 Å². The third-order valence-corrected chi connectivity index (χ3v) is 5.66. The number of nitrogens with zero attached hydrogens (tertiary/aromatic N) is 2. The standard InChI is InChI=1S/C28H17BN2O.Pt/c1-2-11-25-23(10-1)24-15-14-21(19-26(24)29(25)27-12-3-5-16-30-27)20-8-7-9-22(18-20)32-28-13-4-6-17-31-28;/h1-17H;/q-2;+2/i16D;. The van der Waals surface area contributed by atoms with Crippen LogP contribution in [0.15, 0.2) is 103 Å². The topological polar surface area (TPSA) is 35.0 Å². The molecule has 0 amide bonds. The first-order chi connectivity index (χ1) is 16.3. The van der Waals surface area contributed by atoms with Gasteiger partial charge in [-0.2, -0.15) is 29.7 Å². The number of fused-ring (bicyclic) bond motifs is 3. The van der Waals surface area contributed by atoms with Crippen LogP contribution in [0.25, 0.3) is 22.3 Å². The Hall–Kier alpha value is -3.49. The first-order valence-electron chi connectivity index (χ1n) is 11.0. The zero-order chi connectivity index (χ0) is 22.2. The molecule has 0 saturated carbocycles. The third kappa shape index (κ3) is 4.03. The molecule has 0 atom stereocenters. The Bertz CT molecular complexity index is 1480. The average Bonchev–Trinajstić information content (AvgIpc) is 3.18. The van der Waals surface area contributed by atoms with E-state index >= 15 is 0 Å². The van der Waals surface area contributed by atoms with Gasteiger partial charge < -0.3 is 4.74 Å². The van der Waals surface area contributed by atoms with Gasteiger partial charge in [-0.15, -0.1) is 23.8 Å². The van der Waals surface area contributed by atoms with Crippen molar-refractivity contribution >= 4 is 23.2 Å². The van der Waals surface area contributed by atoms with Crippen LogP contribution in [0.4, 0.5) is 0 Å². The summed E-state index contributed by atoms with van der Waals surface area (Å²) in [5.41, 5.74) is 7.28. The maximum Gasteiger partial charge on any atom is 2.00 e. The summed E-state index contributed by atoms with van der Waals surface area (Å²) in [6, 6.07) is 36.5. The van der Waals surface area contributed by atoms with Crippen LogP contribution in [0.2, 0.25) is 0 Å². The fraction of sp³-hybridized carbons (Fsp3) is 0. The molecule has 0 N–H and O–H groups in total. The van der Waals surface area contributed by atoms with E-state index < -0.39 is 0 Å². The van der Waals surface area contributed by atoms with Gasteiger partial charge in [-0.05, 0) is 18.2 Å². The largest absolute Gasteiger partial charge is 2.00 e. The van der Waals surface area contributed by atoms with Gasteiger partial charge in [0.1, 0.15) is 0 Å². The van der Waals surface area contributed by atoms with Gasteiger partial charge in [0, 0.05) is 29.8 Å². The molecular weight excluding hydrogens is 586 g/mol. The minimum atomic E-state index is -0.0607. The van der Waals surface area contributed by atoms with Crippen LogP contribution in [0.5, 0.6) is 11.6 Å². The van der Waals surface area contributed by atoms with Gasteiger partial charge >= 0.3 is 21.1 Å². The summed E-state index contributed by atoms with van der Waals surface area (Å²) >= 11 is 0. The van der Waals surface area contributed by atoms with Crippen molar-refractivity contribution in [3.8, 4) is 33.9 Å². The Kier molecular flexibility index (Phi) is 5.60. The predicted octanol–water partition coefficient (Wildman–Crippen LogP) is 4.03. The first-order valence-corrected chi connectivity index (χ1v) is 10.5. The number of rotatable bonds is 4. The molecule has 1 aliphatic heterocycles. The van der Waals surface area contributed by atoms with E-state index in [1.807, 2.05) is 48.5 Å². The van der Waals surface area contributed by atoms with Crippen LogP contribution in [0.1, 0.15) is 1.37 Å². The van der Waals surface area contributed by atoms with Crippen molar-refractivity contribution in [1.29, 1.82) is 0 Å². The molecule has 0 bridgehead atoms. The van der Waals surface area contributed by atoms with E-state index in [9.17, 15) is 0 Å². The fourth-order valence-corrected chi connectivity index (χ4v) is 4.27. The molecule has 33 heavy (non-hydrogen) atoms. The van der Waals surface area contributed by atoms with Crippen LogP contribution in [-0.4, -0.2) is 16.7 Å². The Morgan fingerprint density at radius 3 is 2.45 bits per heavy atom. The second-order valence-electron chi connectivity index (χ2n) is 7.61. The van der Waals surface area contributed by atoms with Gasteiger partial charge in [-0.3, -0.25) is 4.98 Å². The Balaban J connectivity index is 0.00000241. The van der Waals surface area contributed by atoms with E-state index in [1.54, 1.807) is 12.3 Å². The molecule has 3 aromatic carbocycles. The monoisotopic (exact) mass is 604 g/mol. The molecule has 0 fully saturated rings. The van der Waals surface area contributed by atoms with Crippen molar-refractivity contribution in [1.82, 2.24) is 9.97 Å². The maximum atomic E-state index is 8.02. The van der Waals surface area contributed by atoms with E-state index in [0.717, 1.165) is 27.7 Å². The second kappa shape index (κ2) is 9.17. The summed E-state index contributed by atoms with van der Waals surface area (Å²) in [5.74, 6) is 1.13. The van der Waals surface area contributed by atoms with E-state index in [1.165, 1.54) is 11.0 Å². The number of hydrogen-bond acceptors (Lipinski definition) is 3. The van der Waals surface area contributed by atoms with E-state index in [0.29, 0.717) is 11.6 Å². The van der Waals surface area contributed by atoms with Crippen molar-refractivity contribution in [3.05, 3.63) is 115 Å². The first kappa shape index (κ1) is 20.1. The smallest absolute Gasteiger partial charge is 0.460 e. The molecule has 0 unspecified atom stereocenters. The molecule has 158 valence electrons. The van der Waals surface area contributed by atoms with E-state index in [2.05, 4.69) is 58.5 Å². The van der Waals surface area contributed by atoms with E-state index in [4.69, 9.17) is 6.11 Å². The summed E-state index contributed by atoms with van der Waals surface area (Å²) in [4.78, 5) is 8.75. The summed E-state index contributed by atoms with van der Waals surface area (Å²) in [6.45, 7) is -0.0607. The SMILES string of the molecule is [2H]c1cccc(B2c3[c-]c(-c4[c-]c(Oc5ccccn5)ccc4)ccc3-c3ccccc32)n1.[Pt+2]. The summed E-state index contributed by atoms with van der Waals surface area (Å²) in [6.07, 6.45) is 1.97. The average molecular weight is 604 g/mol. The molecule has 5 aromatic rings. The summed E-state index contributed by atoms with van der Waals surface area (Å²) < 4.78 is 13.9. The number of benzene rings is 3. The summed E-state index contributed by atoms with van der Waals surface area (Å²) in [5, 5.41) is 0. The minimum Gasteiger partial charge on any atom is -0.460 e. The van der Waals surface area contributed by atoms with Gasteiger partial charge in [0.05, 0.1) is 1.37 Å². The van der Waals surface area contributed by atoms with Gasteiger partial charge in [0.15, 0.2) is 0 Å². The normalized spacial score (nSPS) is 11.8. The number of aromatic nitrogens is 2. The van der Waals surface area contributed by atoms with Crippen LogP contribution in [-0.2, 0) is 21.1 Å². The van der Waals surface area contributed by atoms with Crippen molar-refractivity contribution in [3.63, 3.8) is 0 Å². The van der Waals surface area contributed by atoms with Crippen molar-refractivity contribution in [2.75, 3.05) is 0 Å². The second-order valence-corrected chi connectivity index (χ2v) is 7.61. The predicted molar refractivity (Wildman–Crippen MR) is 128 cm³/mol. The molecule has 0 spiro atoms. The van der Waals surface area contributed by atoms with Gasteiger partial charge in [-0.1, -0.05) is 47.4 Å². The molecule has 6 rings (SSSR count). The number of pyridine rings is 2. The molecule has 0 aliphatic carbocycles. The van der Waals surface area contributed by atoms with Crippen LogP contribution in [0.3, 0.4) is 0 Å². The molecule has 2 aromatic heterocycles. The van der Waals surface area contributed by atoms with Gasteiger partial charge in [-0.25, -0.2) is 16.1 Å². The molecule has 0 radical (unpaired) electrons. The van der Waals surface area contributed by atoms with E-state index in [-0.39, 0.29) is 34.0 Å². The minimum absolute atomic E-state index is 0. The molecule has 5 heteroatoms. The third-order valence-electron chi connectivity index (χ3n) is 5.66. The van der Waals surface area contributed by atoms with Crippen molar-refractivity contribution < 1.29 is 27.2 Å². The Labute approximate surface area is 209 Å². The zero-order valence-corrected chi connectivity index (χ0v) is 19.7. The fourth-order valence-electron chi connectivity index (χ4n) is 4.27. The quantitative estimate of drug-likeness (QED) is 0.225. The van der Waals surface area contributed by atoms with Crippen LogP contribution < -0.4 is 21.3 Å². The maximum absolute atomic E-state index is 8.02. The van der Waals surface area contributed by atoms with Crippen molar-refractivity contribution in [2.45, 2.75) is 0 Å². The Morgan fingerprint density at radius 2 is 1.58 bits per heavy atom. The zero-order valence-electron chi connectivity index (χ0n) is 18.4. The molecule has 1 aliphatic rings. The molecular formula is C28H17BN2OPt. The number of ether oxygens (including phenoxy) is 1. The van der Waals surface area contributed by atoms with Gasteiger partial charge in [0.25, 0.3) is 0 Å². The molecule has 3 heterocycles.